The maximum absolute atomic E-state index is 5.91. The average molecular weight is 259 g/mol. The third kappa shape index (κ3) is 2.47. The van der Waals surface area contributed by atoms with Gasteiger partial charge in [-0.15, -0.1) is 0 Å². The number of nitrogens with zero attached hydrogens (tertiary/aromatic N) is 2. The van der Waals surface area contributed by atoms with E-state index in [4.69, 9.17) is 4.74 Å². The first-order chi connectivity index (χ1) is 9.38. The van der Waals surface area contributed by atoms with E-state index in [-0.39, 0.29) is 0 Å². The lowest BCUT2D eigenvalue weighted by Gasteiger charge is -2.34. The Hall–Kier alpha value is -1.13. The number of anilines is 1. The van der Waals surface area contributed by atoms with Crippen LogP contribution in [0.15, 0.2) is 18.3 Å². The van der Waals surface area contributed by atoms with Crippen LogP contribution in [0.1, 0.15) is 31.2 Å². The number of aromatic nitrogens is 1. The van der Waals surface area contributed by atoms with Crippen LogP contribution in [0.5, 0.6) is 0 Å². The predicted molar refractivity (Wildman–Crippen MR) is 74.2 cm³/mol. The molecule has 0 amide bonds. The molecule has 2 unspecified atom stereocenters. The molecule has 1 saturated carbocycles. The molecule has 3 heterocycles. The molecule has 102 valence electrons. The second-order valence-electron chi connectivity index (χ2n) is 6.00. The van der Waals surface area contributed by atoms with E-state index >= 15 is 0 Å². The molecule has 4 nitrogen and oxygen atoms in total. The topological polar surface area (TPSA) is 37.4 Å². The van der Waals surface area contributed by atoms with Gasteiger partial charge in [-0.3, -0.25) is 0 Å². The molecule has 4 heteroatoms. The highest BCUT2D eigenvalue weighted by atomic mass is 16.5. The molecule has 19 heavy (non-hydrogen) atoms. The summed E-state index contributed by atoms with van der Waals surface area (Å²) in [6, 6.07) is 4.99. The van der Waals surface area contributed by atoms with Crippen LogP contribution in [0.4, 0.5) is 5.82 Å². The van der Waals surface area contributed by atoms with Crippen molar-refractivity contribution < 1.29 is 4.74 Å². The number of ether oxygens (including phenoxy) is 1. The molecule has 3 aliphatic rings. The molecule has 0 aromatic carbocycles. The summed E-state index contributed by atoms with van der Waals surface area (Å²) in [6.45, 7) is 2.95. The van der Waals surface area contributed by atoms with E-state index in [1.165, 1.54) is 31.2 Å². The van der Waals surface area contributed by atoms with Gasteiger partial charge in [-0.1, -0.05) is 6.07 Å². The smallest absolute Gasteiger partial charge is 0.133 e. The van der Waals surface area contributed by atoms with Gasteiger partial charge in [-0.05, 0) is 31.7 Å². The lowest BCUT2D eigenvalue weighted by molar-refractivity contribution is 0.0301. The quantitative estimate of drug-likeness (QED) is 0.893. The Morgan fingerprint density at radius 3 is 2.74 bits per heavy atom. The van der Waals surface area contributed by atoms with Gasteiger partial charge in [0.2, 0.25) is 0 Å². The zero-order chi connectivity index (χ0) is 12.7. The monoisotopic (exact) mass is 259 g/mol. The van der Waals surface area contributed by atoms with Gasteiger partial charge in [0, 0.05) is 37.4 Å². The number of nitrogens with one attached hydrogen (secondary N) is 1. The minimum absolute atomic E-state index is 0.421. The molecule has 2 bridgehead atoms. The molecule has 4 rings (SSSR count). The van der Waals surface area contributed by atoms with Gasteiger partial charge in [-0.25, -0.2) is 4.98 Å². The van der Waals surface area contributed by atoms with E-state index < -0.39 is 0 Å². The first-order valence-corrected chi connectivity index (χ1v) is 7.46. The fourth-order valence-electron chi connectivity index (χ4n) is 3.18. The maximum atomic E-state index is 5.91. The standard InChI is InChI=1S/C15H21N3O/c1-2-11(8-17-12-3-4-12)15(16-7-1)18-9-13-5-6-14(10-18)19-13/h1-2,7,12-14,17H,3-6,8-10H2. The Labute approximate surface area is 114 Å². The number of fused-ring (bicyclic) bond motifs is 2. The number of rotatable bonds is 4. The summed E-state index contributed by atoms with van der Waals surface area (Å²) in [5, 5.41) is 3.59. The van der Waals surface area contributed by atoms with Gasteiger partial charge in [0.1, 0.15) is 5.82 Å². The number of hydrogen-bond donors (Lipinski definition) is 1. The van der Waals surface area contributed by atoms with Crippen molar-refractivity contribution in [2.45, 2.75) is 50.5 Å². The van der Waals surface area contributed by atoms with Gasteiger partial charge in [0.25, 0.3) is 0 Å². The number of pyridine rings is 1. The third-order valence-electron chi connectivity index (χ3n) is 4.37. The van der Waals surface area contributed by atoms with E-state index in [1.807, 2.05) is 12.3 Å². The van der Waals surface area contributed by atoms with E-state index in [9.17, 15) is 0 Å². The number of morpholine rings is 1. The maximum Gasteiger partial charge on any atom is 0.133 e. The lowest BCUT2D eigenvalue weighted by atomic mass is 10.2. The van der Waals surface area contributed by atoms with Crippen LogP contribution in [-0.2, 0) is 11.3 Å². The van der Waals surface area contributed by atoms with E-state index in [0.717, 1.165) is 31.5 Å². The Morgan fingerprint density at radius 2 is 2.00 bits per heavy atom. The fraction of sp³-hybridized carbons (Fsp3) is 0.667. The molecule has 0 radical (unpaired) electrons. The SMILES string of the molecule is c1cnc(N2CC3CCC(C2)O3)c(CNC2CC2)c1. The molecule has 2 aliphatic heterocycles. The first kappa shape index (κ1) is 11.7. The Kier molecular flexibility index (Phi) is 2.93. The van der Waals surface area contributed by atoms with Crippen molar-refractivity contribution in [3.63, 3.8) is 0 Å². The van der Waals surface area contributed by atoms with Crippen LogP contribution in [0.2, 0.25) is 0 Å². The minimum Gasteiger partial charge on any atom is -0.371 e. The normalized spacial score (nSPS) is 29.8. The van der Waals surface area contributed by atoms with Crippen molar-refractivity contribution in [2.75, 3.05) is 18.0 Å². The molecule has 1 aromatic rings. The summed E-state index contributed by atoms with van der Waals surface area (Å²) in [5.74, 6) is 1.16. The predicted octanol–water partition coefficient (Wildman–Crippen LogP) is 1.70. The zero-order valence-corrected chi connectivity index (χ0v) is 11.2. The summed E-state index contributed by atoms with van der Waals surface area (Å²) in [5.41, 5.74) is 1.33. The van der Waals surface area contributed by atoms with Crippen molar-refractivity contribution in [2.24, 2.45) is 0 Å². The van der Waals surface area contributed by atoms with E-state index in [1.54, 1.807) is 0 Å². The van der Waals surface area contributed by atoms with Gasteiger partial charge in [0.05, 0.1) is 12.2 Å². The second-order valence-corrected chi connectivity index (χ2v) is 6.00. The van der Waals surface area contributed by atoms with Crippen molar-refractivity contribution in [3.8, 4) is 0 Å². The van der Waals surface area contributed by atoms with E-state index in [2.05, 4.69) is 21.3 Å². The van der Waals surface area contributed by atoms with Gasteiger partial charge in [0.15, 0.2) is 0 Å². The Morgan fingerprint density at radius 1 is 1.21 bits per heavy atom. The Balaban J connectivity index is 1.52. The summed E-state index contributed by atoms with van der Waals surface area (Å²) < 4.78 is 5.91. The van der Waals surface area contributed by atoms with Gasteiger partial charge < -0.3 is 15.0 Å². The fourth-order valence-corrected chi connectivity index (χ4v) is 3.18. The van der Waals surface area contributed by atoms with Crippen LogP contribution in [0, 0.1) is 0 Å². The summed E-state index contributed by atoms with van der Waals surface area (Å²) in [4.78, 5) is 7.05. The number of hydrogen-bond acceptors (Lipinski definition) is 4. The largest absolute Gasteiger partial charge is 0.371 e. The molecule has 1 N–H and O–H groups in total. The Bertz CT molecular complexity index is 448. The molecule has 2 atom stereocenters. The van der Waals surface area contributed by atoms with Crippen molar-refractivity contribution in [3.05, 3.63) is 23.9 Å². The minimum atomic E-state index is 0.421. The van der Waals surface area contributed by atoms with Crippen LogP contribution in [0.25, 0.3) is 0 Å². The van der Waals surface area contributed by atoms with Crippen LogP contribution >= 0.6 is 0 Å². The zero-order valence-electron chi connectivity index (χ0n) is 11.2. The van der Waals surface area contributed by atoms with Crippen LogP contribution in [0.3, 0.4) is 0 Å². The third-order valence-corrected chi connectivity index (χ3v) is 4.37. The highest BCUT2D eigenvalue weighted by Gasteiger charge is 2.34. The van der Waals surface area contributed by atoms with Crippen molar-refractivity contribution in [1.82, 2.24) is 10.3 Å². The first-order valence-electron chi connectivity index (χ1n) is 7.46. The van der Waals surface area contributed by atoms with Crippen molar-refractivity contribution >= 4 is 5.82 Å². The molecule has 1 aliphatic carbocycles. The van der Waals surface area contributed by atoms with Crippen LogP contribution < -0.4 is 10.2 Å². The summed E-state index contributed by atoms with van der Waals surface area (Å²) >= 11 is 0. The van der Waals surface area contributed by atoms with Crippen molar-refractivity contribution in [1.29, 1.82) is 0 Å². The van der Waals surface area contributed by atoms with Crippen LogP contribution in [-0.4, -0.2) is 36.3 Å². The highest BCUT2D eigenvalue weighted by Crippen LogP contribution is 2.30. The molecule has 0 spiro atoms. The molecule has 2 saturated heterocycles. The molecule has 3 fully saturated rings. The highest BCUT2D eigenvalue weighted by molar-refractivity contribution is 5.47. The summed E-state index contributed by atoms with van der Waals surface area (Å²) in [6.07, 6.45) is 7.84. The molecular weight excluding hydrogens is 238 g/mol. The average Bonchev–Trinajstić information content (AvgIpc) is 3.22. The molecule has 1 aromatic heterocycles. The van der Waals surface area contributed by atoms with E-state index in [0.29, 0.717) is 12.2 Å². The second kappa shape index (κ2) is 4.76. The van der Waals surface area contributed by atoms with Gasteiger partial charge >= 0.3 is 0 Å². The lowest BCUT2D eigenvalue weighted by Crippen LogP contribution is -2.43. The summed E-state index contributed by atoms with van der Waals surface area (Å²) in [7, 11) is 0. The van der Waals surface area contributed by atoms with Gasteiger partial charge in [-0.2, -0.15) is 0 Å². The molecular formula is C15H21N3O.